The van der Waals surface area contributed by atoms with Crippen LogP contribution in [0.3, 0.4) is 0 Å². The van der Waals surface area contributed by atoms with Crippen LogP contribution in [0.2, 0.25) is 0 Å². The Morgan fingerprint density at radius 1 is 0.933 bits per heavy atom. The maximum Gasteiger partial charge on any atom is 0.490 e. The number of aromatic hydroxyl groups is 2. The highest BCUT2D eigenvalue weighted by molar-refractivity contribution is 7.80. The molecule has 3 aliphatic rings. The molecule has 5 atom stereocenters. The Morgan fingerprint density at radius 2 is 1.58 bits per heavy atom. The number of ether oxygens (including phenoxy) is 3. The predicted molar refractivity (Wildman–Crippen MR) is 205 cm³/mol. The van der Waals surface area contributed by atoms with Crippen molar-refractivity contribution in [3.8, 4) is 34.8 Å². The highest BCUT2D eigenvalue weighted by atomic mass is 32.1. The van der Waals surface area contributed by atoms with Crippen LogP contribution >= 0.6 is 35.7 Å². The molecular weight excluding hydrogens is 881 g/mol. The first-order valence-corrected chi connectivity index (χ1v) is 21.8. The molecule has 0 saturated carbocycles. The van der Waals surface area contributed by atoms with Gasteiger partial charge in [-0.3, -0.25) is 18.9 Å². The number of benzene rings is 3. The van der Waals surface area contributed by atoms with Crippen LogP contribution in [0.25, 0.3) is 0 Å². The first-order chi connectivity index (χ1) is 28.1. The number of nitrogens with zero attached hydrogens (tertiary/aromatic N) is 1. The molecule has 2 unspecified atom stereocenters. The number of phosphoric acid groups is 3. The number of aliphatic hydroxyl groups is 1. The molecule has 0 aliphatic carbocycles. The van der Waals surface area contributed by atoms with Crippen molar-refractivity contribution in [1.82, 2.24) is 14.9 Å². The van der Waals surface area contributed by atoms with Gasteiger partial charge in [0.15, 0.2) is 10.7 Å². The predicted octanol–water partition coefficient (Wildman–Crippen LogP) is 1.85. The Morgan fingerprint density at radius 3 is 2.23 bits per heavy atom. The van der Waals surface area contributed by atoms with Gasteiger partial charge in [-0.2, -0.15) is 8.62 Å². The van der Waals surface area contributed by atoms with Gasteiger partial charge in [-0.15, -0.1) is 0 Å². The molecule has 4 aromatic rings. The van der Waals surface area contributed by atoms with Crippen molar-refractivity contribution in [3.63, 3.8) is 0 Å². The Balaban J connectivity index is 0.991. The van der Waals surface area contributed by atoms with Gasteiger partial charge < -0.3 is 59.7 Å². The highest BCUT2D eigenvalue weighted by Crippen LogP contribution is 2.66. The van der Waals surface area contributed by atoms with Gasteiger partial charge in [0.2, 0.25) is 0 Å². The molecule has 3 aromatic carbocycles. The first-order valence-electron chi connectivity index (χ1n) is 16.9. The van der Waals surface area contributed by atoms with Gasteiger partial charge in [-0.25, -0.2) is 23.3 Å². The van der Waals surface area contributed by atoms with Crippen LogP contribution in [0.1, 0.15) is 45.3 Å². The van der Waals surface area contributed by atoms with E-state index in [0.29, 0.717) is 22.4 Å². The number of aromatic amines is 1. The molecule has 0 bridgehead atoms. The lowest BCUT2D eigenvalue weighted by atomic mass is 9.77. The van der Waals surface area contributed by atoms with Gasteiger partial charge in [0.25, 0.3) is 5.56 Å². The molecule has 0 amide bonds. The number of esters is 1. The molecule has 27 heteroatoms. The smallest absolute Gasteiger partial charge is 0.490 e. The lowest BCUT2D eigenvalue weighted by molar-refractivity contribution is -0.0450. The quantitative estimate of drug-likeness (QED) is 0.0470. The van der Waals surface area contributed by atoms with Crippen LogP contribution in [0.15, 0.2) is 70.4 Å². The van der Waals surface area contributed by atoms with Gasteiger partial charge in [0.05, 0.1) is 24.8 Å². The Bertz CT molecular complexity index is 2730. The number of hydrogen-bond acceptors (Lipinski definition) is 16. The number of anilines is 1. The van der Waals surface area contributed by atoms with E-state index in [9.17, 15) is 53.2 Å². The third-order valence-corrected chi connectivity index (χ3v) is 12.9. The number of phosphoric ester groups is 1. The van der Waals surface area contributed by atoms with Gasteiger partial charge >= 0.3 is 35.1 Å². The number of aromatic nitrogens is 2. The fourth-order valence-corrected chi connectivity index (χ4v) is 9.74. The second-order valence-corrected chi connectivity index (χ2v) is 17.8. The Kier molecular flexibility index (Phi) is 11.4. The number of carbonyl (C=O) groups is 1. The summed E-state index contributed by atoms with van der Waals surface area (Å²) in [6, 6.07) is 13.6. The lowest BCUT2D eigenvalue weighted by Crippen LogP contribution is -2.34. The summed E-state index contributed by atoms with van der Waals surface area (Å²) in [5, 5.41) is 36.5. The van der Waals surface area contributed by atoms with Crippen LogP contribution in [0.4, 0.5) is 5.69 Å². The van der Waals surface area contributed by atoms with Crippen molar-refractivity contribution >= 4 is 52.5 Å². The number of hydrogen-bond donors (Lipinski definition) is 10. The van der Waals surface area contributed by atoms with Gasteiger partial charge in [-0.1, -0.05) is 17.9 Å². The number of thiocarbonyl (C=S) groups is 1. The molecule has 1 saturated heterocycles. The third-order valence-electron chi connectivity index (χ3n) is 8.89. The van der Waals surface area contributed by atoms with E-state index in [1.54, 1.807) is 24.3 Å². The minimum atomic E-state index is -5.79. The summed E-state index contributed by atoms with van der Waals surface area (Å²) < 4.78 is 64.6. The molecule has 7 rings (SSSR count). The van der Waals surface area contributed by atoms with Crippen molar-refractivity contribution in [2.24, 2.45) is 0 Å². The minimum Gasteiger partial charge on any atom is -0.508 e. The van der Waals surface area contributed by atoms with E-state index in [0.717, 1.165) is 10.8 Å². The molecular formula is C33H29N4O19P3S. The van der Waals surface area contributed by atoms with E-state index >= 15 is 0 Å². The molecule has 4 heterocycles. The topological polar surface area (TPSA) is 344 Å². The summed E-state index contributed by atoms with van der Waals surface area (Å²) in [4.78, 5) is 76.9. The summed E-state index contributed by atoms with van der Waals surface area (Å²) in [5.74, 6) is 4.83. The fraction of sp³-hybridized carbons (Fsp3) is 0.212. The Hall–Kier alpha value is -5.21. The van der Waals surface area contributed by atoms with Crippen molar-refractivity contribution in [2.75, 3.05) is 18.5 Å². The van der Waals surface area contributed by atoms with E-state index in [2.05, 4.69) is 35.6 Å². The summed E-state index contributed by atoms with van der Waals surface area (Å²) in [5.41, 5.74) is -1.60. The highest BCUT2D eigenvalue weighted by Gasteiger charge is 2.54. The minimum absolute atomic E-state index is 0.0625. The number of carbonyl (C=O) groups excluding carboxylic acids is 1. The molecule has 23 nitrogen and oxygen atoms in total. The van der Waals surface area contributed by atoms with Crippen LogP contribution in [0, 0.1) is 11.8 Å². The number of phenols is 2. The number of rotatable bonds is 10. The largest absolute Gasteiger partial charge is 0.508 e. The van der Waals surface area contributed by atoms with Crippen molar-refractivity contribution in [2.45, 2.75) is 30.5 Å². The zero-order chi connectivity index (χ0) is 43.4. The molecule has 316 valence electrons. The van der Waals surface area contributed by atoms with E-state index in [-0.39, 0.29) is 52.2 Å². The van der Waals surface area contributed by atoms with Crippen molar-refractivity contribution in [1.29, 1.82) is 0 Å². The van der Waals surface area contributed by atoms with Crippen LogP contribution in [-0.2, 0) is 41.9 Å². The van der Waals surface area contributed by atoms with Gasteiger partial charge in [0.1, 0.15) is 40.9 Å². The van der Waals surface area contributed by atoms with Gasteiger partial charge in [0, 0.05) is 47.1 Å². The van der Waals surface area contributed by atoms with Crippen LogP contribution < -0.4 is 26.6 Å². The second-order valence-electron chi connectivity index (χ2n) is 12.9. The monoisotopic (exact) mass is 910 g/mol. The normalized spacial score (nSPS) is 20.6. The number of aliphatic hydroxyl groups excluding tert-OH is 1. The number of H-pyrrole nitrogens is 1. The van der Waals surface area contributed by atoms with E-state index in [4.69, 9.17) is 36.2 Å². The molecule has 1 spiro atoms. The fourth-order valence-electron chi connectivity index (χ4n) is 6.52. The van der Waals surface area contributed by atoms with Crippen molar-refractivity contribution < 1.29 is 80.7 Å². The van der Waals surface area contributed by atoms with E-state index in [1.807, 2.05) is 4.98 Å². The molecule has 60 heavy (non-hydrogen) atoms. The average Bonchev–Trinajstić information content (AvgIpc) is 3.64. The summed E-state index contributed by atoms with van der Waals surface area (Å²) in [6.45, 7) is -1.12. The zero-order valence-electron chi connectivity index (χ0n) is 29.9. The third kappa shape index (κ3) is 8.95. The summed E-state index contributed by atoms with van der Waals surface area (Å²) in [6.07, 6.45) is -3.50. The molecule has 1 fully saturated rings. The van der Waals surface area contributed by atoms with E-state index in [1.165, 1.54) is 30.3 Å². The number of fused-ring (bicyclic) bond motifs is 6. The first kappa shape index (κ1) is 42.9. The van der Waals surface area contributed by atoms with Crippen LogP contribution in [0.5, 0.6) is 23.0 Å². The lowest BCUT2D eigenvalue weighted by Gasteiger charge is -2.36. The SMILES string of the molecule is O=C1OC2(c3ccc(O)cc3Oc3cc(O)ccc32)c2ccc(NC(=S)NCC#Cc3cn([C@H]4C[C@H](O)[C@@H](COP(=O)(O)OP(=O)(O)OP(=O)(O)O)O4)c(=O)[nH]c3=O)cc21. The zero-order valence-corrected chi connectivity index (χ0v) is 33.4. The molecule has 10 N–H and O–H groups in total. The molecule has 0 radical (unpaired) electrons. The van der Waals surface area contributed by atoms with Crippen molar-refractivity contribution in [3.05, 3.63) is 109 Å². The Labute approximate surface area is 340 Å². The standard InChI is InChI=1S/C33H29N4O19P3S/c38-18-4-7-22-25(11-18)52-26-12-19(39)5-8-23(26)33(22)21-6-3-17(10-20(21)30(42)54-33)35-31(60)34-9-1-2-16-14-37(32(43)36-29(16)41)28-13-24(40)27(53-28)15-51-58(47,48)56-59(49,50)55-57(44,45)46/h3-8,10-12,14,24,27-28,38-40H,9,13,15H2,(H,47,48)(H,49,50)(H2,34,35,60)(H,36,41,43)(H2,44,45,46)/t24-,27+,28+/m0/s1. The maximum atomic E-state index is 13.4. The van der Waals surface area contributed by atoms with Crippen LogP contribution in [-0.4, -0.2) is 80.9 Å². The van der Waals surface area contributed by atoms with Gasteiger partial charge in [-0.05, 0) is 48.6 Å². The van der Waals surface area contributed by atoms with E-state index < -0.39 is 71.3 Å². The average molecular weight is 911 g/mol. The maximum absolute atomic E-state index is 13.4. The molecule has 1 aromatic heterocycles. The summed E-state index contributed by atoms with van der Waals surface area (Å²) >= 11 is 5.38. The second kappa shape index (κ2) is 16.0. The number of nitrogens with one attached hydrogen (secondary N) is 3. The number of phenolic OH excluding ortho intramolecular Hbond substituents is 2. The molecule has 3 aliphatic heterocycles. The summed E-state index contributed by atoms with van der Waals surface area (Å²) in [7, 11) is -17.0.